The number of pyridine rings is 1. The van der Waals surface area contributed by atoms with Gasteiger partial charge in [0.1, 0.15) is 0 Å². The van der Waals surface area contributed by atoms with Crippen molar-refractivity contribution in [1.29, 1.82) is 0 Å². The molecule has 24 heavy (non-hydrogen) atoms. The van der Waals surface area contributed by atoms with E-state index in [-0.39, 0.29) is 6.54 Å². The first-order chi connectivity index (χ1) is 11.4. The number of rotatable bonds is 6. The number of hydrogen-bond donors (Lipinski definition) is 0. The van der Waals surface area contributed by atoms with E-state index in [0.29, 0.717) is 23.4 Å². The maximum absolute atomic E-state index is 12.2. The van der Waals surface area contributed by atoms with Crippen LogP contribution in [0.4, 0.5) is 5.69 Å². The molecule has 1 aromatic heterocycles. The number of nitrogens with zero attached hydrogens (tertiary/aromatic N) is 2. The van der Waals surface area contributed by atoms with Gasteiger partial charge in [0.15, 0.2) is 0 Å². The Bertz CT molecular complexity index is 826. The molecular formula is C17H18N2O5. The maximum atomic E-state index is 12.2. The highest BCUT2D eigenvalue weighted by molar-refractivity contribution is 5.89. The summed E-state index contributed by atoms with van der Waals surface area (Å²) in [5.74, 6) is -0.429. The molecule has 2 rings (SSSR count). The van der Waals surface area contributed by atoms with Crippen molar-refractivity contribution in [2.24, 2.45) is 0 Å². The maximum Gasteiger partial charge on any atom is 0.338 e. The quantitative estimate of drug-likeness (QED) is 0.461. The summed E-state index contributed by atoms with van der Waals surface area (Å²) in [5, 5.41) is 10.9. The Morgan fingerprint density at radius 3 is 2.71 bits per heavy atom. The zero-order valence-corrected chi connectivity index (χ0v) is 13.5. The van der Waals surface area contributed by atoms with Crippen molar-refractivity contribution >= 4 is 11.7 Å². The molecule has 0 unspecified atom stereocenters. The smallest absolute Gasteiger partial charge is 0.338 e. The molecule has 0 N–H and O–H groups in total. The molecule has 0 aliphatic rings. The van der Waals surface area contributed by atoms with Crippen molar-refractivity contribution in [2.75, 3.05) is 6.61 Å². The van der Waals surface area contributed by atoms with E-state index in [1.165, 1.54) is 16.7 Å². The second-order valence-electron chi connectivity index (χ2n) is 5.34. The fourth-order valence-corrected chi connectivity index (χ4v) is 2.25. The van der Waals surface area contributed by atoms with Crippen LogP contribution in [-0.4, -0.2) is 22.1 Å². The zero-order chi connectivity index (χ0) is 17.7. The number of carbonyl (C=O) groups is 1. The molecule has 1 aromatic carbocycles. The van der Waals surface area contributed by atoms with E-state index in [1.54, 1.807) is 31.2 Å². The van der Waals surface area contributed by atoms with Crippen LogP contribution in [0.5, 0.6) is 0 Å². The molecule has 0 bridgehead atoms. The SMILES string of the molecule is CCCOC(=O)c1cccc(Cn2c(C)ccc([N+](=O)[O-])c2=O)c1. The topological polar surface area (TPSA) is 91.4 Å². The summed E-state index contributed by atoms with van der Waals surface area (Å²) < 4.78 is 6.40. The normalized spacial score (nSPS) is 10.4. The third kappa shape index (κ3) is 3.87. The van der Waals surface area contributed by atoms with E-state index < -0.39 is 22.1 Å². The first-order valence-electron chi connectivity index (χ1n) is 7.55. The van der Waals surface area contributed by atoms with E-state index in [9.17, 15) is 19.7 Å². The van der Waals surface area contributed by atoms with E-state index in [4.69, 9.17) is 4.74 Å². The van der Waals surface area contributed by atoms with Crippen molar-refractivity contribution in [1.82, 2.24) is 4.57 Å². The first-order valence-corrected chi connectivity index (χ1v) is 7.55. The second kappa shape index (κ2) is 7.54. The predicted molar refractivity (Wildman–Crippen MR) is 88.2 cm³/mol. The average molecular weight is 330 g/mol. The summed E-state index contributed by atoms with van der Waals surface area (Å²) >= 11 is 0. The largest absolute Gasteiger partial charge is 0.462 e. The number of nitro groups is 1. The minimum Gasteiger partial charge on any atom is -0.462 e. The van der Waals surface area contributed by atoms with Crippen LogP contribution in [0.25, 0.3) is 0 Å². The Balaban J connectivity index is 2.32. The highest BCUT2D eigenvalue weighted by Gasteiger charge is 2.16. The first kappa shape index (κ1) is 17.4. The van der Waals surface area contributed by atoms with Gasteiger partial charge in [-0.1, -0.05) is 19.1 Å². The molecule has 7 heteroatoms. The summed E-state index contributed by atoms with van der Waals surface area (Å²) in [6.45, 7) is 4.08. The third-order valence-corrected chi connectivity index (χ3v) is 3.51. The van der Waals surface area contributed by atoms with Gasteiger partial charge in [-0.15, -0.1) is 0 Å². The highest BCUT2D eigenvalue weighted by Crippen LogP contribution is 2.11. The van der Waals surface area contributed by atoms with Crippen molar-refractivity contribution in [3.05, 3.63) is 73.7 Å². The number of aryl methyl sites for hydroxylation is 1. The van der Waals surface area contributed by atoms with Gasteiger partial charge in [0, 0.05) is 11.8 Å². The lowest BCUT2D eigenvalue weighted by atomic mass is 10.1. The summed E-state index contributed by atoms with van der Waals surface area (Å²) in [7, 11) is 0. The Kier molecular flexibility index (Phi) is 5.47. The standard InChI is InChI=1S/C17H18N2O5/c1-3-9-24-17(21)14-6-4-5-13(10-14)11-18-12(2)7-8-15(16(18)20)19(22)23/h4-8,10H,3,9,11H2,1-2H3. The second-order valence-corrected chi connectivity index (χ2v) is 5.34. The van der Waals surface area contributed by atoms with Gasteiger partial charge in [0.2, 0.25) is 0 Å². The molecule has 0 amide bonds. The molecule has 0 radical (unpaired) electrons. The molecule has 0 fully saturated rings. The van der Waals surface area contributed by atoms with Crippen LogP contribution in [0.3, 0.4) is 0 Å². The Labute approximate surface area is 138 Å². The van der Waals surface area contributed by atoms with Gasteiger partial charge in [-0.2, -0.15) is 0 Å². The lowest BCUT2D eigenvalue weighted by molar-refractivity contribution is -0.386. The summed E-state index contributed by atoms with van der Waals surface area (Å²) in [5.41, 5.74) is 0.534. The molecule has 1 heterocycles. The number of ether oxygens (including phenoxy) is 1. The van der Waals surface area contributed by atoms with Crippen molar-refractivity contribution in [3.8, 4) is 0 Å². The lowest BCUT2D eigenvalue weighted by Gasteiger charge is -2.10. The van der Waals surface area contributed by atoms with Crippen LogP contribution in [0.2, 0.25) is 0 Å². The third-order valence-electron chi connectivity index (χ3n) is 3.51. The van der Waals surface area contributed by atoms with Gasteiger partial charge >= 0.3 is 17.2 Å². The van der Waals surface area contributed by atoms with Crippen molar-refractivity contribution < 1.29 is 14.5 Å². The number of aromatic nitrogens is 1. The summed E-state index contributed by atoms with van der Waals surface area (Å²) in [6.07, 6.45) is 0.730. The van der Waals surface area contributed by atoms with Crippen LogP contribution in [0, 0.1) is 17.0 Å². The monoisotopic (exact) mass is 330 g/mol. The molecule has 0 saturated carbocycles. The molecule has 0 atom stereocenters. The van der Waals surface area contributed by atoms with Gasteiger partial charge in [-0.25, -0.2) is 4.79 Å². The number of benzene rings is 1. The number of esters is 1. The fraction of sp³-hybridized carbons (Fsp3) is 0.294. The molecule has 0 spiro atoms. The molecule has 0 aliphatic carbocycles. The van der Waals surface area contributed by atoms with Crippen LogP contribution in [-0.2, 0) is 11.3 Å². The number of carbonyl (C=O) groups excluding carboxylic acids is 1. The van der Waals surface area contributed by atoms with Gasteiger partial charge < -0.3 is 9.30 Å². The van der Waals surface area contributed by atoms with Gasteiger partial charge in [-0.3, -0.25) is 14.9 Å². The lowest BCUT2D eigenvalue weighted by Crippen LogP contribution is -2.25. The van der Waals surface area contributed by atoms with E-state index in [2.05, 4.69) is 0 Å². The van der Waals surface area contributed by atoms with E-state index >= 15 is 0 Å². The Hall–Kier alpha value is -2.96. The van der Waals surface area contributed by atoms with Crippen LogP contribution in [0.15, 0.2) is 41.2 Å². The molecular weight excluding hydrogens is 312 g/mol. The fourth-order valence-electron chi connectivity index (χ4n) is 2.25. The predicted octanol–water partition coefficient (Wildman–Crippen LogP) is 2.68. The Morgan fingerprint density at radius 1 is 1.29 bits per heavy atom. The summed E-state index contributed by atoms with van der Waals surface area (Å²) in [6, 6.07) is 9.43. The van der Waals surface area contributed by atoms with Gasteiger partial charge in [0.05, 0.1) is 23.6 Å². The molecule has 2 aromatic rings. The molecule has 7 nitrogen and oxygen atoms in total. The zero-order valence-electron chi connectivity index (χ0n) is 13.5. The Morgan fingerprint density at radius 2 is 2.04 bits per heavy atom. The molecule has 0 saturated heterocycles. The van der Waals surface area contributed by atoms with E-state index in [0.717, 1.165) is 6.42 Å². The summed E-state index contributed by atoms with van der Waals surface area (Å²) in [4.78, 5) is 34.3. The molecule has 126 valence electrons. The molecule has 0 aliphatic heterocycles. The number of hydrogen-bond acceptors (Lipinski definition) is 5. The van der Waals surface area contributed by atoms with Crippen LogP contribution < -0.4 is 5.56 Å². The van der Waals surface area contributed by atoms with Gasteiger partial charge in [-0.05, 0) is 37.1 Å². The minimum atomic E-state index is -0.698. The van der Waals surface area contributed by atoms with Crippen molar-refractivity contribution in [3.63, 3.8) is 0 Å². The van der Waals surface area contributed by atoms with E-state index in [1.807, 2.05) is 6.92 Å². The average Bonchev–Trinajstić information content (AvgIpc) is 2.56. The van der Waals surface area contributed by atoms with Crippen LogP contribution in [0.1, 0.15) is 35.0 Å². The van der Waals surface area contributed by atoms with Crippen molar-refractivity contribution in [2.45, 2.75) is 26.8 Å². The van der Waals surface area contributed by atoms with Gasteiger partial charge in [0.25, 0.3) is 0 Å². The highest BCUT2D eigenvalue weighted by atomic mass is 16.6. The van der Waals surface area contributed by atoms with Crippen LogP contribution >= 0.6 is 0 Å². The minimum absolute atomic E-state index is 0.140.